The van der Waals surface area contributed by atoms with E-state index in [-0.39, 0.29) is 11.5 Å². The molecule has 182 valence electrons. The van der Waals surface area contributed by atoms with E-state index in [1.165, 1.54) is 13.2 Å². The minimum atomic E-state index is -0.948. The number of carbonyl (C=O) groups is 4. The Labute approximate surface area is 198 Å². The molecule has 0 fully saturated rings. The number of nitrogens with one attached hydrogen (secondary N) is 2. The van der Waals surface area contributed by atoms with Crippen LogP contribution < -0.4 is 15.4 Å². The Kier molecular flexibility index (Phi) is 9.61. The minimum Gasteiger partial charge on any atom is -0.494 e. The summed E-state index contributed by atoms with van der Waals surface area (Å²) in [6.45, 7) is 7.09. The number of aryl methyl sites for hydroxylation is 1. The standard InChI is InChI=1S/C25H30N2O7/c1-6-33-19-11-9-17(10-12-19)23(29)27-22(15(2)3)25(31)34-14-21(28)26-20-13-18(24(30)32-5)8-7-16(20)4/h7-13,15,22H,6,14H2,1-5H3,(H,26,28)(H,27,29)/t22-/m0/s1. The molecule has 2 aromatic rings. The van der Waals surface area contributed by atoms with Crippen molar-refractivity contribution in [1.82, 2.24) is 5.32 Å². The maximum atomic E-state index is 12.6. The van der Waals surface area contributed by atoms with Crippen molar-refractivity contribution in [2.45, 2.75) is 33.7 Å². The molecule has 2 N–H and O–H groups in total. The monoisotopic (exact) mass is 470 g/mol. The second kappa shape index (κ2) is 12.4. The SMILES string of the molecule is CCOc1ccc(C(=O)N[C@H](C(=O)OCC(=O)Nc2cc(C(=O)OC)ccc2C)C(C)C)cc1. The Bertz CT molecular complexity index is 1030. The van der Waals surface area contributed by atoms with E-state index >= 15 is 0 Å². The van der Waals surface area contributed by atoms with Gasteiger partial charge in [-0.15, -0.1) is 0 Å². The fourth-order valence-electron chi connectivity index (χ4n) is 3.01. The summed E-state index contributed by atoms with van der Waals surface area (Å²) in [6.07, 6.45) is 0. The molecule has 0 spiro atoms. The molecule has 0 saturated carbocycles. The topological polar surface area (TPSA) is 120 Å². The van der Waals surface area contributed by atoms with Crippen LogP contribution in [0.3, 0.4) is 0 Å². The summed E-state index contributed by atoms with van der Waals surface area (Å²) in [5, 5.41) is 5.27. The van der Waals surface area contributed by atoms with Gasteiger partial charge in [-0.3, -0.25) is 9.59 Å². The molecule has 0 aliphatic rings. The smallest absolute Gasteiger partial charge is 0.337 e. The van der Waals surface area contributed by atoms with Crippen LogP contribution in [0.15, 0.2) is 42.5 Å². The highest BCUT2D eigenvalue weighted by atomic mass is 16.5. The molecule has 0 heterocycles. The lowest BCUT2D eigenvalue weighted by Crippen LogP contribution is -2.45. The Morgan fingerprint density at radius 1 is 0.971 bits per heavy atom. The Balaban J connectivity index is 1.97. The van der Waals surface area contributed by atoms with Crippen molar-refractivity contribution in [3.05, 3.63) is 59.2 Å². The number of rotatable bonds is 10. The summed E-state index contributed by atoms with van der Waals surface area (Å²) in [5.41, 5.74) is 1.75. The molecule has 0 radical (unpaired) electrons. The molecule has 2 amide bonds. The first-order chi connectivity index (χ1) is 16.2. The van der Waals surface area contributed by atoms with Crippen LogP contribution in [0.25, 0.3) is 0 Å². The molecule has 34 heavy (non-hydrogen) atoms. The number of methoxy groups -OCH3 is 1. The van der Waals surface area contributed by atoms with Gasteiger partial charge in [0, 0.05) is 11.3 Å². The molecule has 0 unspecified atom stereocenters. The van der Waals surface area contributed by atoms with Gasteiger partial charge in [-0.1, -0.05) is 19.9 Å². The zero-order valence-electron chi connectivity index (χ0n) is 20.0. The van der Waals surface area contributed by atoms with Gasteiger partial charge in [0.2, 0.25) is 0 Å². The molecule has 0 aromatic heterocycles. The first kappa shape index (κ1) is 26.4. The summed E-state index contributed by atoms with van der Waals surface area (Å²) < 4.78 is 15.2. The molecule has 9 heteroatoms. The fourth-order valence-corrected chi connectivity index (χ4v) is 3.01. The van der Waals surface area contributed by atoms with Crippen LogP contribution in [-0.2, 0) is 19.1 Å². The number of esters is 2. The van der Waals surface area contributed by atoms with Gasteiger partial charge in [0.05, 0.1) is 19.3 Å². The van der Waals surface area contributed by atoms with Crippen molar-refractivity contribution in [2.24, 2.45) is 5.92 Å². The molecule has 0 bridgehead atoms. The van der Waals surface area contributed by atoms with Gasteiger partial charge in [0.15, 0.2) is 6.61 Å². The summed E-state index contributed by atoms with van der Waals surface area (Å²) in [6, 6.07) is 10.3. The fraction of sp³-hybridized carbons (Fsp3) is 0.360. The number of benzene rings is 2. The zero-order valence-corrected chi connectivity index (χ0v) is 20.0. The van der Waals surface area contributed by atoms with Gasteiger partial charge >= 0.3 is 11.9 Å². The average molecular weight is 471 g/mol. The van der Waals surface area contributed by atoms with E-state index in [1.54, 1.807) is 57.2 Å². The molecule has 2 aromatic carbocycles. The number of carbonyl (C=O) groups excluding carboxylic acids is 4. The molecule has 0 aliphatic heterocycles. The summed E-state index contributed by atoms with van der Waals surface area (Å²) in [7, 11) is 1.26. The van der Waals surface area contributed by atoms with Gasteiger partial charge in [-0.05, 0) is 61.7 Å². The third-order valence-corrected chi connectivity index (χ3v) is 4.91. The summed E-state index contributed by atoms with van der Waals surface area (Å²) in [4.78, 5) is 49.2. The van der Waals surface area contributed by atoms with Gasteiger partial charge in [-0.2, -0.15) is 0 Å². The number of amides is 2. The van der Waals surface area contributed by atoms with Crippen LogP contribution in [-0.4, -0.2) is 50.1 Å². The van der Waals surface area contributed by atoms with Gasteiger partial charge in [-0.25, -0.2) is 9.59 Å². The maximum absolute atomic E-state index is 12.6. The van der Waals surface area contributed by atoms with Crippen LogP contribution in [0.4, 0.5) is 5.69 Å². The van der Waals surface area contributed by atoms with E-state index in [4.69, 9.17) is 9.47 Å². The van der Waals surface area contributed by atoms with Crippen LogP contribution >= 0.6 is 0 Å². The van der Waals surface area contributed by atoms with Crippen molar-refractivity contribution >= 4 is 29.4 Å². The van der Waals surface area contributed by atoms with Crippen LogP contribution in [0.1, 0.15) is 47.1 Å². The lowest BCUT2D eigenvalue weighted by molar-refractivity contribution is -0.150. The van der Waals surface area contributed by atoms with Crippen molar-refractivity contribution in [2.75, 3.05) is 25.6 Å². The largest absolute Gasteiger partial charge is 0.494 e. The third-order valence-electron chi connectivity index (χ3n) is 4.91. The van der Waals surface area contributed by atoms with Crippen LogP contribution in [0.5, 0.6) is 5.75 Å². The maximum Gasteiger partial charge on any atom is 0.337 e. The highest BCUT2D eigenvalue weighted by molar-refractivity contribution is 5.98. The average Bonchev–Trinajstić information content (AvgIpc) is 2.82. The third kappa shape index (κ3) is 7.33. The molecule has 9 nitrogen and oxygen atoms in total. The van der Waals surface area contributed by atoms with E-state index in [9.17, 15) is 19.2 Å². The normalized spacial score (nSPS) is 11.4. The number of hydrogen-bond donors (Lipinski definition) is 2. The Morgan fingerprint density at radius 3 is 2.21 bits per heavy atom. The van der Waals surface area contributed by atoms with E-state index in [0.29, 0.717) is 23.6 Å². The number of ether oxygens (including phenoxy) is 3. The van der Waals surface area contributed by atoms with Crippen LogP contribution in [0.2, 0.25) is 0 Å². The number of hydrogen-bond acceptors (Lipinski definition) is 7. The first-order valence-corrected chi connectivity index (χ1v) is 10.8. The zero-order chi connectivity index (χ0) is 25.3. The van der Waals surface area contributed by atoms with E-state index < -0.39 is 36.4 Å². The minimum absolute atomic E-state index is 0.275. The van der Waals surface area contributed by atoms with E-state index in [0.717, 1.165) is 5.56 Å². The Hall–Kier alpha value is -3.88. The molecule has 2 rings (SSSR count). The van der Waals surface area contributed by atoms with Crippen molar-refractivity contribution in [3.63, 3.8) is 0 Å². The lowest BCUT2D eigenvalue weighted by atomic mass is 10.0. The quantitative estimate of drug-likeness (QED) is 0.512. The highest BCUT2D eigenvalue weighted by Crippen LogP contribution is 2.18. The predicted octanol–water partition coefficient (Wildman–Crippen LogP) is 3.12. The predicted molar refractivity (Wildman–Crippen MR) is 126 cm³/mol. The molecule has 0 saturated heterocycles. The first-order valence-electron chi connectivity index (χ1n) is 10.8. The van der Waals surface area contributed by atoms with Crippen molar-refractivity contribution < 1.29 is 33.4 Å². The molecule has 1 atom stereocenters. The second-order valence-corrected chi connectivity index (χ2v) is 7.83. The second-order valence-electron chi connectivity index (χ2n) is 7.83. The van der Waals surface area contributed by atoms with E-state index in [1.807, 2.05) is 6.92 Å². The summed E-state index contributed by atoms with van der Waals surface area (Å²) in [5.74, 6) is -1.94. The molecular weight excluding hydrogens is 440 g/mol. The van der Waals surface area contributed by atoms with Crippen LogP contribution in [0, 0.1) is 12.8 Å². The van der Waals surface area contributed by atoms with Gasteiger partial charge in [0.25, 0.3) is 11.8 Å². The molecule has 0 aliphatic carbocycles. The van der Waals surface area contributed by atoms with Gasteiger partial charge < -0.3 is 24.8 Å². The van der Waals surface area contributed by atoms with Crippen molar-refractivity contribution in [3.8, 4) is 5.75 Å². The van der Waals surface area contributed by atoms with Gasteiger partial charge in [0.1, 0.15) is 11.8 Å². The highest BCUT2D eigenvalue weighted by Gasteiger charge is 2.27. The number of anilines is 1. The Morgan fingerprint density at radius 2 is 1.62 bits per heavy atom. The lowest BCUT2D eigenvalue weighted by Gasteiger charge is -2.21. The van der Waals surface area contributed by atoms with Crippen molar-refractivity contribution in [1.29, 1.82) is 0 Å². The summed E-state index contributed by atoms with van der Waals surface area (Å²) >= 11 is 0. The van der Waals surface area contributed by atoms with E-state index in [2.05, 4.69) is 15.4 Å². The molecular formula is C25H30N2O7.